The molecular weight excluding hydrogens is 495 g/mol. The fraction of sp³-hybridized carbons (Fsp3) is 0.120. The molecule has 5 aromatic rings. The number of benzene rings is 3. The summed E-state index contributed by atoms with van der Waals surface area (Å²) in [4.78, 5) is 0. The van der Waals surface area contributed by atoms with Gasteiger partial charge in [-0.25, -0.2) is 0 Å². The number of fused-ring (bicyclic) bond motifs is 1. The Labute approximate surface area is 210 Å². The number of nitrogens with zero attached hydrogens (tertiary/aromatic N) is 3. The molecular formula is C25H19Cl3N4O2. The van der Waals surface area contributed by atoms with Gasteiger partial charge < -0.3 is 18.8 Å². The standard InChI is InChI=1S/C25H19Cl3N4O2/c26-16-7-5-15(6-8-16)13-31-21-3-1-2-4-22(21)32(25(31)29)14-23(33)24-12-20(30-34-24)18-10-9-17(27)11-19(18)28/h1-12,23,29,33H,13-14H2. The second-order valence-corrected chi connectivity index (χ2v) is 9.17. The molecule has 2 N–H and O–H groups in total. The first-order valence-electron chi connectivity index (χ1n) is 10.5. The molecule has 3 aromatic carbocycles. The molecule has 5 rings (SSSR count). The summed E-state index contributed by atoms with van der Waals surface area (Å²) in [5.41, 5.74) is 4.15. The molecule has 0 bridgehead atoms. The van der Waals surface area contributed by atoms with Crippen LogP contribution in [0.25, 0.3) is 22.3 Å². The van der Waals surface area contributed by atoms with Crippen LogP contribution in [0.2, 0.25) is 15.1 Å². The summed E-state index contributed by atoms with van der Waals surface area (Å²) in [7, 11) is 0. The van der Waals surface area contributed by atoms with Crippen LogP contribution in [0.15, 0.2) is 77.3 Å². The normalized spacial score (nSPS) is 12.4. The number of aliphatic hydroxyl groups is 1. The minimum atomic E-state index is -1.02. The van der Waals surface area contributed by atoms with E-state index in [0.29, 0.717) is 32.9 Å². The van der Waals surface area contributed by atoms with E-state index >= 15 is 0 Å². The largest absolute Gasteiger partial charge is 0.383 e. The molecule has 0 aliphatic rings. The number of para-hydroxylation sites is 2. The van der Waals surface area contributed by atoms with Crippen molar-refractivity contribution >= 4 is 45.8 Å². The summed E-state index contributed by atoms with van der Waals surface area (Å²) in [6.07, 6.45) is -1.02. The van der Waals surface area contributed by atoms with Crippen molar-refractivity contribution in [2.45, 2.75) is 19.2 Å². The lowest BCUT2D eigenvalue weighted by molar-refractivity contribution is 0.121. The van der Waals surface area contributed by atoms with Gasteiger partial charge in [0.15, 0.2) is 5.76 Å². The number of hydrogen-bond donors (Lipinski definition) is 2. The third-order valence-electron chi connectivity index (χ3n) is 5.65. The highest BCUT2D eigenvalue weighted by atomic mass is 35.5. The van der Waals surface area contributed by atoms with Crippen molar-refractivity contribution in [3.8, 4) is 11.3 Å². The summed E-state index contributed by atoms with van der Waals surface area (Å²) in [5.74, 6) is 0.280. The molecule has 9 heteroatoms. The van der Waals surface area contributed by atoms with Crippen molar-refractivity contribution in [3.63, 3.8) is 0 Å². The van der Waals surface area contributed by atoms with E-state index in [0.717, 1.165) is 16.6 Å². The molecule has 172 valence electrons. The van der Waals surface area contributed by atoms with Crippen molar-refractivity contribution < 1.29 is 9.63 Å². The lowest BCUT2D eigenvalue weighted by atomic mass is 10.1. The molecule has 0 radical (unpaired) electrons. The highest BCUT2D eigenvalue weighted by Crippen LogP contribution is 2.31. The number of aromatic nitrogens is 3. The van der Waals surface area contributed by atoms with Gasteiger partial charge in [-0.15, -0.1) is 0 Å². The Balaban J connectivity index is 1.46. The molecule has 0 aliphatic carbocycles. The fourth-order valence-electron chi connectivity index (χ4n) is 3.95. The van der Waals surface area contributed by atoms with Crippen LogP contribution < -0.4 is 5.62 Å². The fourth-order valence-corrected chi connectivity index (χ4v) is 4.58. The Kier molecular flexibility index (Phi) is 6.23. The minimum Gasteiger partial charge on any atom is -0.383 e. The van der Waals surface area contributed by atoms with Gasteiger partial charge in [-0.2, -0.15) is 0 Å². The molecule has 0 aliphatic heterocycles. The number of aliphatic hydroxyl groups excluding tert-OH is 1. The zero-order valence-electron chi connectivity index (χ0n) is 17.8. The van der Waals surface area contributed by atoms with Gasteiger partial charge in [0, 0.05) is 21.7 Å². The van der Waals surface area contributed by atoms with Crippen molar-refractivity contribution in [1.29, 1.82) is 5.41 Å². The third-order valence-corrected chi connectivity index (χ3v) is 6.45. The molecule has 2 heterocycles. The van der Waals surface area contributed by atoms with Crippen LogP contribution in [0.1, 0.15) is 17.4 Å². The Morgan fingerprint density at radius 1 is 0.882 bits per heavy atom. The minimum absolute atomic E-state index is 0.121. The molecule has 2 aromatic heterocycles. The number of nitrogens with one attached hydrogen (secondary N) is 1. The molecule has 0 saturated heterocycles. The van der Waals surface area contributed by atoms with E-state index in [9.17, 15) is 5.11 Å². The molecule has 0 saturated carbocycles. The van der Waals surface area contributed by atoms with Crippen LogP contribution in [0, 0.1) is 5.41 Å². The van der Waals surface area contributed by atoms with E-state index in [1.54, 1.807) is 28.8 Å². The van der Waals surface area contributed by atoms with Gasteiger partial charge in [0.25, 0.3) is 0 Å². The highest BCUT2D eigenvalue weighted by Gasteiger charge is 2.20. The maximum Gasteiger partial charge on any atom is 0.203 e. The number of rotatable bonds is 6. The van der Waals surface area contributed by atoms with E-state index in [4.69, 9.17) is 44.7 Å². The smallest absolute Gasteiger partial charge is 0.203 e. The van der Waals surface area contributed by atoms with Crippen LogP contribution >= 0.6 is 34.8 Å². The van der Waals surface area contributed by atoms with Crippen LogP contribution in [0.5, 0.6) is 0 Å². The zero-order chi connectivity index (χ0) is 23.8. The van der Waals surface area contributed by atoms with Gasteiger partial charge in [0.1, 0.15) is 11.8 Å². The van der Waals surface area contributed by atoms with Crippen LogP contribution in [0.4, 0.5) is 0 Å². The highest BCUT2D eigenvalue weighted by molar-refractivity contribution is 6.36. The van der Waals surface area contributed by atoms with Gasteiger partial charge in [0.2, 0.25) is 5.62 Å². The second-order valence-electron chi connectivity index (χ2n) is 7.89. The first-order valence-corrected chi connectivity index (χ1v) is 11.6. The quantitative estimate of drug-likeness (QED) is 0.279. The molecule has 1 unspecified atom stereocenters. The van der Waals surface area contributed by atoms with E-state index in [1.165, 1.54) is 0 Å². The van der Waals surface area contributed by atoms with Gasteiger partial charge in [-0.1, -0.05) is 64.2 Å². The Morgan fingerprint density at radius 3 is 2.26 bits per heavy atom. The SMILES string of the molecule is N=c1n(Cc2ccc(Cl)cc2)c2ccccc2n1CC(O)c1cc(-c2ccc(Cl)cc2Cl)no1. The average Bonchev–Trinajstić information content (AvgIpc) is 3.40. The maximum atomic E-state index is 10.9. The third kappa shape index (κ3) is 4.38. The molecule has 6 nitrogen and oxygen atoms in total. The first-order chi connectivity index (χ1) is 16.4. The summed E-state index contributed by atoms with van der Waals surface area (Å²) in [6.45, 7) is 0.622. The van der Waals surface area contributed by atoms with E-state index in [1.807, 2.05) is 53.1 Å². The first kappa shape index (κ1) is 22.7. The van der Waals surface area contributed by atoms with Crippen LogP contribution in [0.3, 0.4) is 0 Å². The molecule has 34 heavy (non-hydrogen) atoms. The van der Waals surface area contributed by atoms with Gasteiger partial charge in [-0.3, -0.25) is 5.41 Å². The van der Waals surface area contributed by atoms with Gasteiger partial charge in [-0.05, 0) is 48.0 Å². The summed E-state index contributed by atoms with van der Waals surface area (Å²) < 4.78 is 9.07. The van der Waals surface area contributed by atoms with Crippen molar-refractivity contribution in [2.24, 2.45) is 0 Å². The van der Waals surface area contributed by atoms with E-state index < -0.39 is 6.10 Å². The number of halogens is 3. The Hall–Kier alpha value is -3.03. The predicted molar refractivity (Wildman–Crippen MR) is 133 cm³/mol. The monoisotopic (exact) mass is 512 g/mol. The van der Waals surface area contributed by atoms with E-state index in [-0.39, 0.29) is 17.9 Å². The maximum absolute atomic E-state index is 10.9. The molecule has 0 spiro atoms. The lowest BCUT2D eigenvalue weighted by Crippen LogP contribution is -2.27. The molecule has 0 fully saturated rings. The summed E-state index contributed by atoms with van der Waals surface area (Å²) in [6, 6.07) is 22.0. The second kappa shape index (κ2) is 9.31. The van der Waals surface area contributed by atoms with E-state index in [2.05, 4.69) is 5.16 Å². The summed E-state index contributed by atoms with van der Waals surface area (Å²) in [5, 5.41) is 25.4. The van der Waals surface area contributed by atoms with Crippen LogP contribution in [-0.4, -0.2) is 19.4 Å². The molecule has 1 atom stereocenters. The molecule has 0 amide bonds. The Bertz CT molecular complexity index is 1540. The lowest BCUT2D eigenvalue weighted by Gasteiger charge is -2.09. The van der Waals surface area contributed by atoms with Crippen molar-refractivity contribution in [2.75, 3.05) is 0 Å². The Morgan fingerprint density at radius 2 is 1.56 bits per heavy atom. The van der Waals surface area contributed by atoms with Gasteiger partial charge >= 0.3 is 0 Å². The van der Waals surface area contributed by atoms with Crippen LogP contribution in [-0.2, 0) is 13.1 Å². The van der Waals surface area contributed by atoms with Crippen molar-refractivity contribution in [3.05, 3.63) is 105 Å². The zero-order valence-corrected chi connectivity index (χ0v) is 20.0. The predicted octanol–water partition coefficient (Wildman–Crippen LogP) is 6.32. The topological polar surface area (TPSA) is 80.0 Å². The number of hydrogen-bond acceptors (Lipinski definition) is 4. The van der Waals surface area contributed by atoms with Crippen molar-refractivity contribution in [1.82, 2.24) is 14.3 Å². The van der Waals surface area contributed by atoms with Gasteiger partial charge in [0.05, 0.1) is 29.1 Å². The average molecular weight is 514 g/mol. The number of imidazole rings is 1. The summed E-state index contributed by atoms with van der Waals surface area (Å²) >= 11 is 18.3.